The number of nitrogens with one attached hydrogen (secondary N) is 1. The van der Waals surface area contributed by atoms with Crippen LogP contribution in [0.2, 0.25) is 0 Å². The Hall–Kier alpha value is -2.02. The van der Waals surface area contributed by atoms with Gasteiger partial charge in [0.1, 0.15) is 5.56 Å². The number of hydrogen-bond donors (Lipinski definition) is 2. The van der Waals surface area contributed by atoms with Gasteiger partial charge in [0.15, 0.2) is 0 Å². The van der Waals surface area contributed by atoms with Gasteiger partial charge < -0.3 is 10.4 Å². The third kappa shape index (κ3) is 2.99. The maximum Gasteiger partial charge on any atom is 0.339 e. The van der Waals surface area contributed by atoms with Crippen molar-refractivity contribution in [3.63, 3.8) is 0 Å². The monoisotopic (exact) mass is 218 g/mol. The third-order valence-corrected chi connectivity index (χ3v) is 2.10. The summed E-state index contributed by atoms with van der Waals surface area (Å²) in [5.41, 5.74) is 1.48. The highest BCUT2D eigenvalue weighted by Crippen LogP contribution is 2.17. The van der Waals surface area contributed by atoms with Gasteiger partial charge in [-0.3, -0.25) is 4.98 Å². The standard InChI is InChI=1S/C12H14N2O2/c1-4-5-8(2)14-11-6-9(3)13-7-10(11)12(15)16/h1,6-8H,5H2,2-3H3,(H,13,14)(H,15,16). The predicted molar refractivity (Wildman–Crippen MR) is 62.5 cm³/mol. The second kappa shape index (κ2) is 5.17. The van der Waals surface area contributed by atoms with Crippen LogP contribution in [0, 0.1) is 19.3 Å². The van der Waals surface area contributed by atoms with Gasteiger partial charge in [-0.2, -0.15) is 0 Å². The molecule has 0 spiro atoms. The lowest BCUT2D eigenvalue weighted by molar-refractivity contribution is 0.0697. The van der Waals surface area contributed by atoms with Crippen molar-refractivity contribution in [3.05, 3.63) is 23.5 Å². The molecule has 1 atom stereocenters. The summed E-state index contributed by atoms with van der Waals surface area (Å²) in [4.78, 5) is 14.9. The Morgan fingerprint density at radius 1 is 1.75 bits per heavy atom. The van der Waals surface area contributed by atoms with Crippen LogP contribution in [0.4, 0.5) is 5.69 Å². The largest absolute Gasteiger partial charge is 0.478 e. The van der Waals surface area contributed by atoms with Crippen LogP contribution in [0.25, 0.3) is 0 Å². The van der Waals surface area contributed by atoms with Crippen molar-refractivity contribution in [3.8, 4) is 12.3 Å². The van der Waals surface area contributed by atoms with Gasteiger partial charge in [-0.25, -0.2) is 4.79 Å². The number of carboxylic acids is 1. The summed E-state index contributed by atoms with van der Waals surface area (Å²) in [6.45, 7) is 3.71. The number of terminal acetylenes is 1. The number of aromatic nitrogens is 1. The van der Waals surface area contributed by atoms with Crippen LogP contribution in [0.3, 0.4) is 0 Å². The Balaban J connectivity index is 2.97. The summed E-state index contributed by atoms with van der Waals surface area (Å²) in [5, 5.41) is 12.0. The average molecular weight is 218 g/mol. The number of anilines is 1. The number of pyridine rings is 1. The first-order valence-corrected chi connectivity index (χ1v) is 4.94. The molecule has 2 N–H and O–H groups in total. The van der Waals surface area contributed by atoms with Gasteiger partial charge in [0.2, 0.25) is 0 Å². The van der Waals surface area contributed by atoms with Gasteiger partial charge in [0.05, 0.1) is 5.69 Å². The summed E-state index contributed by atoms with van der Waals surface area (Å²) in [6, 6.07) is 1.74. The van der Waals surface area contributed by atoms with Gasteiger partial charge in [-0.05, 0) is 19.9 Å². The minimum Gasteiger partial charge on any atom is -0.478 e. The lowest BCUT2D eigenvalue weighted by Crippen LogP contribution is -2.17. The molecule has 16 heavy (non-hydrogen) atoms. The van der Waals surface area contributed by atoms with E-state index in [0.29, 0.717) is 12.1 Å². The summed E-state index contributed by atoms with van der Waals surface area (Å²) < 4.78 is 0. The number of aryl methyl sites for hydroxylation is 1. The molecule has 0 aliphatic carbocycles. The zero-order valence-corrected chi connectivity index (χ0v) is 9.32. The smallest absolute Gasteiger partial charge is 0.339 e. The first-order valence-electron chi connectivity index (χ1n) is 4.94. The average Bonchev–Trinajstić information content (AvgIpc) is 2.17. The number of nitrogens with zero attached hydrogens (tertiary/aromatic N) is 1. The first kappa shape index (κ1) is 12.1. The predicted octanol–water partition coefficient (Wildman–Crippen LogP) is 1.91. The normalized spacial score (nSPS) is 11.6. The van der Waals surface area contributed by atoms with Crippen molar-refractivity contribution >= 4 is 11.7 Å². The fourth-order valence-electron chi connectivity index (χ4n) is 1.34. The van der Waals surface area contributed by atoms with Crippen molar-refractivity contribution in [2.24, 2.45) is 0 Å². The van der Waals surface area contributed by atoms with E-state index in [2.05, 4.69) is 16.2 Å². The SMILES string of the molecule is C#CCC(C)Nc1cc(C)ncc1C(=O)O. The van der Waals surface area contributed by atoms with Crippen LogP contribution in [-0.2, 0) is 0 Å². The summed E-state index contributed by atoms with van der Waals surface area (Å²) in [6.07, 6.45) is 7.08. The minimum absolute atomic E-state index is 0.0323. The molecule has 0 aliphatic rings. The Kier molecular flexibility index (Phi) is 3.90. The molecule has 0 saturated carbocycles. The van der Waals surface area contributed by atoms with Crippen LogP contribution in [-0.4, -0.2) is 22.1 Å². The van der Waals surface area contributed by atoms with Gasteiger partial charge >= 0.3 is 5.97 Å². The van der Waals surface area contributed by atoms with E-state index in [1.54, 1.807) is 6.07 Å². The second-order valence-electron chi connectivity index (χ2n) is 3.63. The molecule has 0 aromatic carbocycles. The molecule has 84 valence electrons. The topological polar surface area (TPSA) is 62.2 Å². The Labute approximate surface area is 94.7 Å². The molecular formula is C12H14N2O2. The maximum absolute atomic E-state index is 11.0. The van der Waals surface area contributed by atoms with Crippen LogP contribution in [0.1, 0.15) is 29.4 Å². The zero-order valence-electron chi connectivity index (χ0n) is 9.32. The molecule has 1 unspecified atom stereocenters. The molecule has 0 radical (unpaired) electrons. The Bertz CT molecular complexity index is 435. The van der Waals surface area contributed by atoms with Crippen LogP contribution in [0.5, 0.6) is 0 Å². The van der Waals surface area contributed by atoms with Crippen molar-refractivity contribution in [1.82, 2.24) is 4.98 Å². The van der Waals surface area contributed by atoms with Crippen molar-refractivity contribution < 1.29 is 9.90 Å². The van der Waals surface area contributed by atoms with Crippen LogP contribution in [0.15, 0.2) is 12.3 Å². The summed E-state index contributed by atoms with van der Waals surface area (Å²) in [5.74, 6) is 1.53. The van der Waals surface area contributed by atoms with Crippen LogP contribution >= 0.6 is 0 Å². The quantitative estimate of drug-likeness (QED) is 0.758. The van der Waals surface area contributed by atoms with E-state index in [0.717, 1.165) is 5.69 Å². The number of rotatable bonds is 4. The van der Waals surface area contributed by atoms with E-state index in [-0.39, 0.29) is 11.6 Å². The highest BCUT2D eigenvalue weighted by Gasteiger charge is 2.12. The lowest BCUT2D eigenvalue weighted by Gasteiger charge is -2.14. The van der Waals surface area contributed by atoms with Crippen LogP contribution < -0.4 is 5.32 Å². The highest BCUT2D eigenvalue weighted by atomic mass is 16.4. The number of hydrogen-bond acceptors (Lipinski definition) is 3. The van der Waals surface area contributed by atoms with Gasteiger partial charge in [-0.1, -0.05) is 0 Å². The lowest BCUT2D eigenvalue weighted by atomic mass is 10.1. The third-order valence-electron chi connectivity index (χ3n) is 2.10. The fourth-order valence-corrected chi connectivity index (χ4v) is 1.34. The molecule has 0 bridgehead atoms. The van der Waals surface area contributed by atoms with E-state index in [1.807, 2.05) is 13.8 Å². The molecule has 1 aromatic rings. The van der Waals surface area contributed by atoms with E-state index < -0.39 is 5.97 Å². The van der Waals surface area contributed by atoms with E-state index in [9.17, 15) is 4.79 Å². The van der Waals surface area contributed by atoms with Crippen molar-refractivity contribution in [2.75, 3.05) is 5.32 Å². The number of carboxylic acid groups (broad SMARTS) is 1. The fraction of sp³-hybridized carbons (Fsp3) is 0.333. The van der Waals surface area contributed by atoms with E-state index in [1.165, 1.54) is 6.20 Å². The molecule has 0 saturated heterocycles. The van der Waals surface area contributed by atoms with Gasteiger partial charge in [0, 0.05) is 24.4 Å². The first-order chi connectivity index (χ1) is 7.54. The summed E-state index contributed by atoms with van der Waals surface area (Å²) in [7, 11) is 0. The molecule has 0 fully saturated rings. The van der Waals surface area contributed by atoms with E-state index in [4.69, 9.17) is 11.5 Å². The zero-order chi connectivity index (χ0) is 12.1. The second-order valence-corrected chi connectivity index (χ2v) is 3.63. The highest BCUT2D eigenvalue weighted by molar-refractivity contribution is 5.93. The molecule has 1 rings (SSSR count). The Morgan fingerprint density at radius 2 is 2.44 bits per heavy atom. The van der Waals surface area contributed by atoms with E-state index >= 15 is 0 Å². The van der Waals surface area contributed by atoms with Crippen molar-refractivity contribution in [1.29, 1.82) is 0 Å². The maximum atomic E-state index is 11.0. The molecule has 4 nitrogen and oxygen atoms in total. The summed E-state index contributed by atoms with van der Waals surface area (Å²) >= 11 is 0. The van der Waals surface area contributed by atoms with Crippen molar-refractivity contribution in [2.45, 2.75) is 26.3 Å². The number of carbonyl (C=O) groups is 1. The number of aromatic carboxylic acids is 1. The molecule has 1 aromatic heterocycles. The van der Waals surface area contributed by atoms with Gasteiger partial charge in [0.25, 0.3) is 0 Å². The molecule has 0 aliphatic heterocycles. The molecule has 1 heterocycles. The molecule has 0 amide bonds. The minimum atomic E-state index is -0.997. The molecular weight excluding hydrogens is 204 g/mol. The Morgan fingerprint density at radius 3 is 3.00 bits per heavy atom. The van der Waals surface area contributed by atoms with Gasteiger partial charge in [-0.15, -0.1) is 12.3 Å². The molecule has 4 heteroatoms.